The first-order valence-electron chi connectivity index (χ1n) is 10.4. The van der Waals surface area contributed by atoms with Gasteiger partial charge in [-0.15, -0.1) is 0 Å². The number of esters is 2. The van der Waals surface area contributed by atoms with E-state index in [4.69, 9.17) is 18.9 Å². The van der Waals surface area contributed by atoms with E-state index in [-0.39, 0.29) is 18.8 Å². The zero-order valence-corrected chi connectivity index (χ0v) is 18.7. The van der Waals surface area contributed by atoms with Crippen molar-refractivity contribution in [3.8, 4) is 5.75 Å². The zero-order chi connectivity index (χ0) is 22.6. The molecule has 0 radical (unpaired) electrons. The van der Waals surface area contributed by atoms with Gasteiger partial charge in [0.05, 0.1) is 20.3 Å². The van der Waals surface area contributed by atoms with Gasteiger partial charge in [-0.3, -0.25) is 0 Å². The molecule has 0 aromatic heterocycles. The van der Waals surface area contributed by atoms with Crippen molar-refractivity contribution < 1.29 is 33.3 Å². The van der Waals surface area contributed by atoms with E-state index in [9.17, 15) is 9.59 Å². The van der Waals surface area contributed by atoms with Crippen molar-refractivity contribution in [1.82, 2.24) is 0 Å². The Labute approximate surface area is 184 Å². The molecule has 170 valence electrons. The lowest BCUT2D eigenvalue weighted by Gasteiger charge is -2.28. The standard InChI is InChI=1S/C24H32O7/c1-17-9-5-6-10-18-11-7-13-20(28-3)23(18)24(26)31-19(12-8-14-22(25)29-4)15-21(17)30-16-27-2/h5-8,11,13-14,17,19,21H,9-10,12,15-16H2,1-4H3/b6-5+,14-8?/t17-,19-,21+/m0/s1. The molecular formula is C24H32O7. The summed E-state index contributed by atoms with van der Waals surface area (Å²) in [7, 11) is 4.41. The predicted octanol–water partition coefficient (Wildman–Crippen LogP) is 3.86. The third-order valence-corrected chi connectivity index (χ3v) is 5.21. The van der Waals surface area contributed by atoms with Crippen LogP contribution in [0.3, 0.4) is 0 Å². The van der Waals surface area contributed by atoms with Crippen LogP contribution < -0.4 is 4.74 Å². The molecule has 0 unspecified atom stereocenters. The molecule has 1 aliphatic heterocycles. The van der Waals surface area contributed by atoms with E-state index in [1.807, 2.05) is 18.2 Å². The van der Waals surface area contributed by atoms with E-state index >= 15 is 0 Å². The monoisotopic (exact) mass is 432 g/mol. The maximum Gasteiger partial charge on any atom is 0.342 e. The van der Waals surface area contributed by atoms with Crippen LogP contribution in [0, 0.1) is 5.92 Å². The van der Waals surface area contributed by atoms with Crippen LogP contribution in [0.1, 0.15) is 42.1 Å². The van der Waals surface area contributed by atoms with E-state index < -0.39 is 18.0 Å². The van der Waals surface area contributed by atoms with Gasteiger partial charge in [-0.2, -0.15) is 0 Å². The Bertz CT molecular complexity index is 784. The second kappa shape index (κ2) is 12.9. The molecule has 1 aliphatic rings. The number of fused-ring (bicyclic) bond motifs is 1. The van der Waals surface area contributed by atoms with Gasteiger partial charge in [-0.1, -0.05) is 37.3 Å². The van der Waals surface area contributed by atoms with Crippen molar-refractivity contribution in [2.45, 2.75) is 44.8 Å². The van der Waals surface area contributed by atoms with Crippen molar-refractivity contribution in [1.29, 1.82) is 0 Å². The van der Waals surface area contributed by atoms with Crippen molar-refractivity contribution >= 4 is 11.9 Å². The number of cyclic esters (lactones) is 1. The average molecular weight is 433 g/mol. The molecule has 0 spiro atoms. The minimum Gasteiger partial charge on any atom is -0.496 e. The average Bonchev–Trinajstić information content (AvgIpc) is 2.77. The molecule has 0 N–H and O–H groups in total. The van der Waals surface area contributed by atoms with Crippen LogP contribution >= 0.6 is 0 Å². The summed E-state index contributed by atoms with van der Waals surface area (Å²) >= 11 is 0. The van der Waals surface area contributed by atoms with Crippen LogP contribution in [-0.2, 0) is 30.2 Å². The Hall–Kier alpha value is -2.64. The van der Waals surface area contributed by atoms with Gasteiger partial charge in [-0.05, 0) is 30.4 Å². The predicted molar refractivity (Wildman–Crippen MR) is 116 cm³/mol. The molecule has 1 heterocycles. The van der Waals surface area contributed by atoms with E-state index in [1.54, 1.807) is 19.3 Å². The first kappa shape index (κ1) is 24.6. The van der Waals surface area contributed by atoms with Crippen molar-refractivity contribution in [3.63, 3.8) is 0 Å². The number of benzene rings is 1. The zero-order valence-electron chi connectivity index (χ0n) is 18.7. The first-order valence-corrected chi connectivity index (χ1v) is 10.4. The Kier molecular flexibility index (Phi) is 10.3. The number of allylic oxidation sites excluding steroid dienone is 2. The van der Waals surface area contributed by atoms with Gasteiger partial charge in [-0.25, -0.2) is 9.59 Å². The molecule has 0 saturated heterocycles. The SMILES string of the molecule is COCO[C@@H]1C[C@H](CC=CC(=O)OC)OC(=O)c2c(cccc2OC)C/C=C/C[C@@H]1C. The molecule has 1 aromatic rings. The van der Waals surface area contributed by atoms with Gasteiger partial charge in [0, 0.05) is 26.0 Å². The van der Waals surface area contributed by atoms with Gasteiger partial charge in [0.25, 0.3) is 0 Å². The molecule has 0 saturated carbocycles. The smallest absolute Gasteiger partial charge is 0.342 e. The van der Waals surface area contributed by atoms with Crippen LogP contribution in [0.4, 0.5) is 0 Å². The lowest BCUT2D eigenvalue weighted by Crippen LogP contribution is -2.31. The summed E-state index contributed by atoms with van der Waals surface area (Å²) in [5.41, 5.74) is 1.25. The van der Waals surface area contributed by atoms with Gasteiger partial charge < -0.3 is 23.7 Å². The third-order valence-electron chi connectivity index (χ3n) is 5.21. The fraction of sp³-hybridized carbons (Fsp3) is 0.500. The van der Waals surface area contributed by atoms with Gasteiger partial charge in [0.1, 0.15) is 24.2 Å². The van der Waals surface area contributed by atoms with Crippen molar-refractivity contribution in [2.24, 2.45) is 5.92 Å². The number of hydrogen-bond donors (Lipinski definition) is 0. The highest BCUT2D eigenvalue weighted by Crippen LogP contribution is 2.28. The summed E-state index contributed by atoms with van der Waals surface area (Å²) in [6.45, 7) is 2.24. The number of hydrogen-bond acceptors (Lipinski definition) is 7. The van der Waals surface area contributed by atoms with Gasteiger partial charge in [0.2, 0.25) is 0 Å². The molecule has 0 amide bonds. The molecule has 7 heteroatoms. The highest BCUT2D eigenvalue weighted by atomic mass is 16.7. The summed E-state index contributed by atoms with van der Waals surface area (Å²) in [5.74, 6) is -0.271. The highest BCUT2D eigenvalue weighted by molar-refractivity contribution is 5.94. The fourth-order valence-corrected chi connectivity index (χ4v) is 3.49. The maximum atomic E-state index is 13.2. The molecule has 1 aromatic carbocycles. The number of carbonyl (C=O) groups is 2. The second-order valence-corrected chi connectivity index (χ2v) is 7.42. The van der Waals surface area contributed by atoms with E-state index in [2.05, 4.69) is 17.7 Å². The summed E-state index contributed by atoms with van der Waals surface area (Å²) in [4.78, 5) is 24.6. The highest BCUT2D eigenvalue weighted by Gasteiger charge is 2.27. The normalized spacial score (nSPS) is 23.2. The minimum atomic E-state index is -0.501. The number of methoxy groups -OCH3 is 3. The van der Waals surface area contributed by atoms with Crippen molar-refractivity contribution in [2.75, 3.05) is 28.1 Å². The van der Waals surface area contributed by atoms with Crippen LogP contribution in [0.15, 0.2) is 42.5 Å². The lowest BCUT2D eigenvalue weighted by atomic mass is 9.93. The Morgan fingerprint density at radius 2 is 2.03 bits per heavy atom. The van der Waals surface area contributed by atoms with Gasteiger partial charge in [0.15, 0.2) is 0 Å². The number of carbonyl (C=O) groups excluding carboxylic acids is 2. The Morgan fingerprint density at radius 3 is 2.74 bits per heavy atom. The molecule has 0 bridgehead atoms. The topological polar surface area (TPSA) is 80.3 Å². The Morgan fingerprint density at radius 1 is 1.23 bits per heavy atom. The molecule has 31 heavy (non-hydrogen) atoms. The second-order valence-electron chi connectivity index (χ2n) is 7.42. The lowest BCUT2D eigenvalue weighted by molar-refractivity contribution is -0.134. The molecule has 0 aliphatic carbocycles. The van der Waals surface area contributed by atoms with E-state index in [1.165, 1.54) is 20.3 Å². The molecule has 0 fully saturated rings. The summed E-state index contributed by atoms with van der Waals surface area (Å²) < 4.78 is 26.9. The maximum absolute atomic E-state index is 13.2. The fourth-order valence-electron chi connectivity index (χ4n) is 3.49. The third kappa shape index (κ3) is 7.52. The minimum absolute atomic E-state index is 0.147. The quantitative estimate of drug-likeness (QED) is 0.280. The summed E-state index contributed by atoms with van der Waals surface area (Å²) in [6.07, 6.45) is 8.65. The van der Waals surface area contributed by atoms with E-state index in [0.717, 1.165) is 12.0 Å². The summed E-state index contributed by atoms with van der Waals surface area (Å²) in [5, 5.41) is 0. The van der Waals surface area contributed by atoms with Crippen LogP contribution in [0.2, 0.25) is 0 Å². The van der Waals surface area contributed by atoms with E-state index in [0.29, 0.717) is 30.6 Å². The van der Waals surface area contributed by atoms with Crippen LogP contribution in [0.25, 0.3) is 0 Å². The Balaban J connectivity index is 2.36. The number of ether oxygens (including phenoxy) is 5. The van der Waals surface area contributed by atoms with Crippen molar-refractivity contribution in [3.05, 3.63) is 53.6 Å². The number of rotatable bonds is 7. The largest absolute Gasteiger partial charge is 0.496 e. The van der Waals surface area contributed by atoms with Crippen LogP contribution in [0.5, 0.6) is 5.75 Å². The van der Waals surface area contributed by atoms with Crippen LogP contribution in [-0.4, -0.2) is 52.3 Å². The van der Waals surface area contributed by atoms with Gasteiger partial charge >= 0.3 is 11.9 Å². The molecule has 3 atom stereocenters. The molecule has 7 nitrogen and oxygen atoms in total. The molecule has 2 rings (SSSR count). The first-order chi connectivity index (χ1) is 15.0. The molecular weight excluding hydrogens is 400 g/mol. The summed E-state index contributed by atoms with van der Waals surface area (Å²) in [6, 6.07) is 5.50.